The summed E-state index contributed by atoms with van der Waals surface area (Å²) >= 11 is 3.29. The molecule has 1 N–H and O–H groups in total. The molecule has 18 heavy (non-hydrogen) atoms. The molecule has 1 saturated heterocycles. The van der Waals surface area contributed by atoms with E-state index in [9.17, 15) is 0 Å². The number of hydrogen-bond donors (Lipinski definition) is 1. The van der Waals surface area contributed by atoms with E-state index in [4.69, 9.17) is 5.26 Å². The SMILES string of the molecule is N#Cc1cc(C2=CC[C@H]3CCN[C@H]3C2)cnc1Br. The molecule has 92 valence electrons. The standard InChI is InChI=1S/C14H14BrN3/c15-14-11(7-16)5-12(8-18-14)10-2-1-9-3-4-17-13(9)6-10/h2,5,8-9,13,17H,1,3-4,6H2/t9-,13-/m0/s1. The molecule has 2 heterocycles. The predicted octanol–water partition coefficient (Wildman–Crippen LogP) is 2.87. The van der Waals surface area contributed by atoms with E-state index in [2.05, 4.69) is 38.4 Å². The molecule has 0 unspecified atom stereocenters. The Hall–Kier alpha value is -1.18. The number of nitrogens with zero attached hydrogens (tertiary/aromatic N) is 2. The highest BCUT2D eigenvalue weighted by atomic mass is 79.9. The van der Waals surface area contributed by atoms with Gasteiger partial charge in [0.25, 0.3) is 0 Å². The molecule has 0 aromatic carbocycles. The Morgan fingerprint density at radius 3 is 3.22 bits per heavy atom. The molecule has 1 aromatic rings. The lowest BCUT2D eigenvalue weighted by molar-refractivity contribution is 0.445. The van der Waals surface area contributed by atoms with Crippen LogP contribution in [0.15, 0.2) is 22.9 Å². The highest BCUT2D eigenvalue weighted by Crippen LogP contribution is 2.35. The Morgan fingerprint density at radius 1 is 1.50 bits per heavy atom. The Balaban J connectivity index is 1.89. The minimum atomic E-state index is 0.606. The van der Waals surface area contributed by atoms with Gasteiger partial charge in [0.1, 0.15) is 10.7 Å². The normalized spacial score (nSPS) is 26.3. The van der Waals surface area contributed by atoms with Crippen LogP contribution in [0.2, 0.25) is 0 Å². The van der Waals surface area contributed by atoms with Crippen LogP contribution in [0, 0.1) is 17.2 Å². The third kappa shape index (κ3) is 2.09. The second-order valence-electron chi connectivity index (χ2n) is 4.95. The number of hydrogen-bond acceptors (Lipinski definition) is 3. The smallest absolute Gasteiger partial charge is 0.123 e. The zero-order chi connectivity index (χ0) is 12.5. The summed E-state index contributed by atoms with van der Waals surface area (Å²) in [5, 5.41) is 12.6. The van der Waals surface area contributed by atoms with E-state index >= 15 is 0 Å². The lowest BCUT2D eigenvalue weighted by Gasteiger charge is -2.25. The first kappa shape index (κ1) is 11.9. The Kier molecular flexibility index (Phi) is 3.19. The summed E-state index contributed by atoms with van der Waals surface area (Å²) in [6, 6.07) is 4.71. The van der Waals surface area contributed by atoms with Crippen LogP contribution in [0.1, 0.15) is 30.4 Å². The van der Waals surface area contributed by atoms with Gasteiger partial charge in [-0.25, -0.2) is 4.98 Å². The summed E-state index contributed by atoms with van der Waals surface area (Å²) in [7, 11) is 0. The largest absolute Gasteiger partial charge is 0.313 e. The van der Waals surface area contributed by atoms with Crippen LogP contribution in [0.25, 0.3) is 5.57 Å². The molecular formula is C14H14BrN3. The van der Waals surface area contributed by atoms with E-state index in [0.717, 1.165) is 30.9 Å². The molecule has 1 fully saturated rings. The van der Waals surface area contributed by atoms with E-state index in [1.165, 1.54) is 12.0 Å². The zero-order valence-electron chi connectivity index (χ0n) is 9.99. The van der Waals surface area contributed by atoms with Gasteiger partial charge in [0.15, 0.2) is 0 Å². The Morgan fingerprint density at radius 2 is 2.39 bits per heavy atom. The fraction of sp³-hybridized carbons (Fsp3) is 0.429. The number of aromatic nitrogens is 1. The third-order valence-electron chi connectivity index (χ3n) is 3.93. The fourth-order valence-corrected chi connectivity index (χ4v) is 3.20. The lowest BCUT2D eigenvalue weighted by Crippen LogP contribution is -2.29. The van der Waals surface area contributed by atoms with Gasteiger partial charge in [-0.1, -0.05) is 6.08 Å². The van der Waals surface area contributed by atoms with Crippen molar-refractivity contribution >= 4 is 21.5 Å². The maximum absolute atomic E-state index is 9.04. The number of nitrogens with one attached hydrogen (secondary N) is 1. The molecule has 1 aliphatic heterocycles. The van der Waals surface area contributed by atoms with Crippen molar-refractivity contribution in [3.05, 3.63) is 34.1 Å². The minimum absolute atomic E-state index is 0.606. The van der Waals surface area contributed by atoms with Crippen LogP contribution < -0.4 is 5.32 Å². The molecule has 0 bridgehead atoms. The molecule has 1 aromatic heterocycles. The summed E-state index contributed by atoms with van der Waals surface area (Å²) in [5.41, 5.74) is 3.01. The molecular weight excluding hydrogens is 290 g/mol. The topological polar surface area (TPSA) is 48.7 Å². The summed E-state index contributed by atoms with van der Waals surface area (Å²) < 4.78 is 0.627. The quantitative estimate of drug-likeness (QED) is 0.812. The van der Waals surface area contributed by atoms with Crippen LogP contribution in [-0.4, -0.2) is 17.6 Å². The molecule has 0 saturated carbocycles. The lowest BCUT2D eigenvalue weighted by atomic mass is 9.83. The molecule has 3 rings (SSSR count). The van der Waals surface area contributed by atoms with Gasteiger partial charge in [0.2, 0.25) is 0 Å². The summed E-state index contributed by atoms with van der Waals surface area (Å²) in [4.78, 5) is 4.24. The van der Waals surface area contributed by atoms with Crippen LogP contribution >= 0.6 is 15.9 Å². The fourth-order valence-electron chi connectivity index (χ4n) is 2.89. The van der Waals surface area contributed by atoms with Gasteiger partial charge in [0, 0.05) is 12.2 Å². The van der Waals surface area contributed by atoms with Gasteiger partial charge >= 0.3 is 0 Å². The van der Waals surface area contributed by atoms with Crippen LogP contribution in [0.5, 0.6) is 0 Å². The van der Waals surface area contributed by atoms with Gasteiger partial charge in [-0.3, -0.25) is 0 Å². The van der Waals surface area contributed by atoms with Crippen LogP contribution in [0.3, 0.4) is 0 Å². The summed E-state index contributed by atoms with van der Waals surface area (Å²) in [6.07, 6.45) is 7.66. The van der Waals surface area contributed by atoms with Crippen molar-refractivity contribution in [2.24, 2.45) is 5.92 Å². The van der Waals surface area contributed by atoms with Crippen LogP contribution in [0.4, 0.5) is 0 Å². The average molecular weight is 304 g/mol. The van der Waals surface area contributed by atoms with E-state index < -0.39 is 0 Å². The van der Waals surface area contributed by atoms with Crippen molar-refractivity contribution in [2.45, 2.75) is 25.3 Å². The third-order valence-corrected chi connectivity index (χ3v) is 4.56. The van der Waals surface area contributed by atoms with Crippen molar-refractivity contribution in [3.63, 3.8) is 0 Å². The molecule has 2 aliphatic rings. The molecule has 0 amide bonds. The first-order chi connectivity index (χ1) is 8.78. The molecule has 4 heteroatoms. The highest BCUT2D eigenvalue weighted by Gasteiger charge is 2.30. The van der Waals surface area contributed by atoms with Gasteiger partial charge < -0.3 is 5.32 Å². The monoisotopic (exact) mass is 303 g/mol. The summed E-state index contributed by atoms with van der Waals surface area (Å²) in [5.74, 6) is 0.799. The molecule has 3 nitrogen and oxygen atoms in total. The van der Waals surface area contributed by atoms with Gasteiger partial charge in [-0.2, -0.15) is 5.26 Å². The maximum atomic E-state index is 9.04. The first-order valence-electron chi connectivity index (χ1n) is 6.26. The summed E-state index contributed by atoms with van der Waals surface area (Å²) in [6.45, 7) is 1.14. The molecule has 2 atom stereocenters. The van der Waals surface area contributed by atoms with E-state index in [0.29, 0.717) is 16.2 Å². The van der Waals surface area contributed by atoms with Gasteiger partial charge in [-0.15, -0.1) is 0 Å². The first-order valence-corrected chi connectivity index (χ1v) is 7.05. The average Bonchev–Trinajstić information content (AvgIpc) is 2.86. The van der Waals surface area contributed by atoms with Gasteiger partial charge in [-0.05, 0) is 64.9 Å². The van der Waals surface area contributed by atoms with E-state index in [1.54, 1.807) is 0 Å². The van der Waals surface area contributed by atoms with E-state index in [1.807, 2.05) is 12.3 Å². The minimum Gasteiger partial charge on any atom is -0.313 e. The molecule has 1 aliphatic carbocycles. The maximum Gasteiger partial charge on any atom is 0.123 e. The van der Waals surface area contributed by atoms with Crippen molar-refractivity contribution < 1.29 is 0 Å². The molecule has 0 spiro atoms. The van der Waals surface area contributed by atoms with Gasteiger partial charge in [0.05, 0.1) is 5.56 Å². The van der Waals surface area contributed by atoms with Crippen LogP contribution in [-0.2, 0) is 0 Å². The van der Waals surface area contributed by atoms with E-state index in [-0.39, 0.29) is 0 Å². The molecule has 0 radical (unpaired) electrons. The van der Waals surface area contributed by atoms with Crippen molar-refractivity contribution in [1.82, 2.24) is 10.3 Å². The van der Waals surface area contributed by atoms with Crippen molar-refractivity contribution in [1.29, 1.82) is 5.26 Å². The highest BCUT2D eigenvalue weighted by molar-refractivity contribution is 9.10. The second kappa shape index (κ2) is 4.83. The Bertz CT molecular complexity index is 544. The number of halogens is 1. The van der Waals surface area contributed by atoms with Crippen molar-refractivity contribution in [2.75, 3.05) is 6.54 Å². The number of fused-ring (bicyclic) bond motifs is 1. The number of nitriles is 1. The van der Waals surface area contributed by atoms with Crippen molar-refractivity contribution in [3.8, 4) is 6.07 Å². The second-order valence-corrected chi connectivity index (χ2v) is 5.70. The zero-order valence-corrected chi connectivity index (χ0v) is 11.6. The predicted molar refractivity (Wildman–Crippen MR) is 73.8 cm³/mol. The number of pyridine rings is 1. The number of allylic oxidation sites excluding steroid dienone is 1. The number of rotatable bonds is 1. The Labute approximate surface area is 115 Å².